The average molecular weight is 401 g/mol. The molecule has 1 atom stereocenters. The Morgan fingerprint density at radius 3 is 2.59 bits per heavy atom. The van der Waals surface area contributed by atoms with E-state index in [0.717, 1.165) is 38.5 Å². The minimum absolute atomic E-state index is 0.141. The molecule has 148 valence electrons. The second-order valence-electron chi connectivity index (χ2n) is 7.26. The van der Waals surface area contributed by atoms with E-state index in [-0.39, 0.29) is 17.0 Å². The van der Waals surface area contributed by atoms with E-state index in [9.17, 15) is 18.0 Å². The standard InChI is InChI=1S/C20H24ClF3N2O/c21-18-8-6-15(13-17(18)20(22,23)24)7-9-19(27)26-12-4-5-16(26)14-25-10-2-1-3-11-25/h6-9,13,16H,1-5,10-12,14H2/t16-/m0/s1. The van der Waals surface area contributed by atoms with Crippen molar-refractivity contribution < 1.29 is 18.0 Å². The van der Waals surface area contributed by atoms with Crippen molar-refractivity contribution in [3.8, 4) is 0 Å². The number of nitrogens with zero attached hydrogens (tertiary/aromatic N) is 2. The quantitative estimate of drug-likeness (QED) is 0.674. The van der Waals surface area contributed by atoms with Gasteiger partial charge in [-0.2, -0.15) is 13.2 Å². The highest BCUT2D eigenvalue weighted by Gasteiger charge is 2.33. The third-order valence-electron chi connectivity index (χ3n) is 5.29. The first kappa shape index (κ1) is 20.2. The van der Waals surface area contributed by atoms with Gasteiger partial charge in [-0.25, -0.2) is 0 Å². The van der Waals surface area contributed by atoms with Crippen LogP contribution in [0.3, 0.4) is 0 Å². The van der Waals surface area contributed by atoms with Crippen molar-refractivity contribution in [1.82, 2.24) is 9.80 Å². The Labute approximate surface area is 162 Å². The molecule has 0 spiro atoms. The van der Waals surface area contributed by atoms with Gasteiger partial charge in [0.15, 0.2) is 0 Å². The average Bonchev–Trinajstić information content (AvgIpc) is 3.09. The van der Waals surface area contributed by atoms with E-state index >= 15 is 0 Å². The lowest BCUT2D eigenvalue weighted by atomic mass is 10.1. The largest absolute Gasteiger partial charge is 0.417 e. The molecule has 2 aliphatic rings. The van der Waals surface area contributed by atoms with Crippen LogP contribution >= 0.6 is 11.6 Å². The molecule has 0 N–H and O–H groups in total. The van der Waals surface area contributed by atoms with Gasteiger partial charge >= 0.3 is 6.18 Å². The fraction of sp³-hybridized carbons (Fsp3) is 0.550. The van der Waals surface area contributed by atoms with Crippen LogP contribution in [0.4, 0.5) is 13.2 Å². The van der Waals surface area contributed by atoms with Gasteiger partial charge in [-0.15, -0.1) is 0 Å². The van der Waals surface area contributed by atoms with Crippen LogP contribution in [0.25, 0.3) is 6.08 Å². The van der Waals surface area contributed by atoms with Crippen LogP contribution in [-0.4, -0.2) is 47.9 Å². The van der Waals surface area contributed by atoms with E-state index in [1.807, 2.05) is 4.90 Å². The molecule has 1 aromatic rings. The second-order valence-corrected chi connectivity index (χ2v) is 7.67. The van der Waals surface area contributed by atoms with Crippen LogP contribution in [0, 0.1) is 0 Å². The molecule has 0 radical (unpaired) electrons. The zero-order valence-corrected chi connectivity index (χ0v) is 15.9. The van der Waals surface area contributed by atoms with Crippen LogP contribution < -0.4 is 0 Å². The van der Waals surface area contributed by atoms with Gasteiger partial charge in [0, 0.05) is 25.2 Å². The van der Waals surface area contributed by atoms with E-state index in [2.05, 4.69) is 4.90 Å². The van der Waals surface area contributed by atoms with Crippen molar-refractivity contribution in [2.24, 2.45) is 0 Å². The fourth-order valence-corrected chi connectivity index (χ4v) is 4.11. The fourth-order valence-electron chi connectivity index (χ4n) is 3.88. The molecule has 27 heavy (non-hydrogen) atoms. The number of hydrogen-bond acceptors (Lipinski definition) is 2. The summed E-state index contributed by atoms with van der Waals surface area (Å²) >= 11 is 5.63. The molecule has 1 aromatic carbocycles. The van der Waals surface area contributed by atoms with Gasteiger partial charge in [0.25, 0.3) is 0 Å². The normalized spacial score (nSPS) is 21.9. The highest BCUT2D eigenvalue weighted by atomic mass is 35.5. The summed E-state index contributed by atoms with van der Waals surface area (Å²) in [5.41, 5.74) is -0.574. The molecule has 2 saturated heterocycles. The molecular formula is C20H24ClF3N2O. The summed E-state index contributed by atoms with van der Waals surface area (Å²) in [6.07, 6.45) is 3.93. The van der Waals surface area contributed by atoms with Crippen LogP contribution in [0.1, 0.15) is 43.2 Å². The van der Waals surface area contributed by atoms with E-state index in [4.69, 9.17) is 11.6 Å². The van der Waals surface area contributed by atoms with Crippen LogP contribution in [0.2, 0.25) is 5.02 Å². The van der Waals surface area contributed by atoms with Crippen molar-refractivity contribution in [3.05, 3.63) is 40.4 Å². The summed E-state index contributed by atoms with van der Waals surface area (Å²) < 4.78 is 38.9. The molecule has 0 aromatic heterocycles. The van der Waals surface area contributed by atoms with Crippen LogP contribution in [-0.2, 0) is 11.0 Å². The third-order valence-corrected chi connectivity index (χ3v) is 5.62. The molecule has 7 heteroatoms. The molecule has 2 heterocycles. The van der Waals surface area contributed by atoms with Gasteiger partial charge in [-0.1, -0.05) is 24.1 Å². The summed E-state index contributed by atoms with van der Waals surface area (Å²) in [6, 6.07) is 3.86. The molecule has 0 saturated carbocycles. The topological polar surface area (TPSA) is 23.6 Å². The number of carbonyl (C=O) groups excluding carboxylic acids is 1. The molecule has 2 fully saturated rings. The predicted octanol–water partition coefficient (Wildman–Crippen LogP) is 4.85. The van der Waals surface area contributed by atoms with E-state index < -0.39 is 11.7 Å². The Morgan fingerprint density at radius 2 is 1.89 bits per heavy atom. The first-order valence-corrected chi connectivity index (χ1v) is 9.80. The number of halogens is 4. The Kier molecular flexibility index (Phi) is 6.48. The number of piperidine rings is 1. The van der Waals surface area contributed by atoms with Crippen molar-refractivity contribution in [2.45, 2.75) is 44.3 Å². The Bertz CT molecular complexity index is 699. The highest BCUT2D eigenvalue weighted by Crippen LogP contribution is 2.35. The molecule has 0 unspecified atom stereocenters. The Balaban J connectivity index is 1.65. The number of carbonyl (C=O) groups is 1. The first-order chi connectivity index (χ1) is 12.8. The smallest absolute Gasteiger partial charge is 0.335 e. The number of alkyl halides is 3. The maximum atomic E-state index is 13.0. The lowest BCUT2D eigenvalue weighted by Gasteiger charge is -2.32. The summed E-state index contributed by atoms with van der Waals surface area (Å²) in [7, 11) is 0. The second kappa shape index (κ2) is 8.65. The van der Waals surface area contributed by atoms with Crippen molar-refractivity contribution >= 4 is 23.6 Å². The van der Waals surface area contributed by atoms with E-state index in [1.165, 1.54) is 43.5 Å². The number of likely N-dealkylation sites (tertiary alicyclic amines) is 2. The lowest BCUT2D eigenvalue weighted by molar-refractivity contribution is -0.137. The number of rotatable bonds is 4. The number of benzene rings is 1. The van der Waals surface area contributed by atoms with Crippen LogP contribution in [0.5, 0.6) is 0 Å². The molecule has 3 nitrogen and oxygen atoms in total. The van der Waals surface area contributed by atoms with Gasteiger partial charge in [-0.05, 0) is 62.5 Å². The molecular weight excluding hydrogens is 377 g/mol. The molecule has 1 amide bonds. The van der Waals surface area contributed by atoms with Gasteiger partial charge in [0.1, 0.15) is 0 Å². The predicted molar refractivity (Wildman–Crippen MR) is 101 cm³/mol. The summed E-state index contributed by atoms with van der Waals surface area (Å²) in [5.74, 6) is -0.141. The van der Waals surface area contributed by atoms with Gasteiger partial charge in [-0.3, -0.25) is 4.79 Å². The number of hydrogen-bond donors (Lipinski definition) is 0. The summed E-state index contributed by atoms with van der Waals surface area (Å²) in [5, 5.41) is -0.341. The SMILES string of the molecule is O=C(C=Cc1ccc(Cl)c(C(F)(F)F)c1)N1CCC[C@H]1CN1CCCCC1. The number of amides is 1. The maximum Gasteiger partial charge on any atom is 0.417 e. The molecule has 0 bridgehead atoms. The molecule has 0 aliphatic carbocycles. The van der Waals surface area contributed by atoms with Crippen molar-refractivity contribution in [2.75, 3.05) is 26.2 Å². The first-order valence-electron chi connectivity index (χ1n) is 9.42. The zero-order chi connectivity index (χ0) is 19.4. The Hall–Kier alpha value is -1.53. The summed E-state index contributed by atoms with van der Waals surface area (Å²) in [6.45, 7) is 3.76. The minimum atomic E-state index is -4.51. The Morgan fingerprint density at radius 1 is 1.15 bits per heavy atom. The molecule has 3 rings (SSSR count). The van der Waals surface area contributed by atoms with Gasteiger partial charge in [0.05, 0.1) is 10.6 Å². The van der Waals surface area contributed by atoms with Gasteiger partial charge in [0.2, 0.25) is 5.91 Å². The van der Waals surface area contributed by atoms with Crippen molar-refractivity contribution in [3.63, 3.8) is 0 Å². The maximum absolute atomic E-state index is 13.0. The van der Waals surface area contributed by atoms with Crippen LogP contribution in [0.15, 0.2) is 24.3 Å². The van der Waals surface area contributed by atoms with Crippen molar-refractivity contribution in [1.29, 1.82) is 0 Å². The highest BCUT2D eigenvalue weighted by molar-refractivity contribution is 6.31. The third kappa shape index (κ3) is 5.26. The lowest BCUT2D eigenvalue weighted by Crippen LogP contribution is -2.44. The monoisotopic (exact) mass is 400 g/mol. The molecule has 2 aliphatic heterocycles. The van der Waals surface area contributed by atoms with E-state index in [0.29, 0.717) is 12.1 Å². The minimum Gasteiger partial charge on any atom is -0.335 e. The van der Waals surface area contributed by atoms with Gasteiger partial charge < -0.3 is 9.80 Å². The summed E-state index contributed by atoms with van der Waals surface area (Å²) in [4.78, 5) is 16.9. The zero-order valence-electron chi connectivity index (χ0n) is 15.1. The van der Waals surface area contributed by atoms with E-state index in [1.54, 1.807) is 0 Å².